The van der Waals surface area contributed by atoms with E-state index in [1.165, 1.54) is 0 Å². The summed E-state index contributed by atoms with van der Waals surface area (Å²) >= 11 is 6.10. The monoisotopic (exact) mass is 459 g/mol. The number of ether oxygens (including phenoxy) is 1. The second-order valence-electron chi connectivity index (χ2n) is 7.94. The lowest BCUT2D eigenvalue weighted by atomic mass is 9.95. The zero-order chi connectivity index (χ0) is 23.1. The molecule has 1 aliphatic rings. The Labute approximate surface area is 196 Å². The number of nitrogens with one attached hydrogen (secondary N) is 1. The third-order valence-electron chi connectivity index (χ3n) is 5.80. The van der Waals surface area contributed by atoms with E-state index in [4.69, 9.17) is 16.3 Å². The molecule has 1 atom stereocenters. The van der Waals surface area contributed by atoms with Gasteiger partial charge in [0.2, 0.25) is 0 Å². The molecule has 1 aromatic heterocycles. The molecule has 2 N–H and O–H groups in total. The largest absolute Gasteiger partial charge is 0.504 e. The number of phenolic OH excluding ortho intramolecular Hbond substituents is 1. The van der Waals surface area contributed by atoms with Gasteiger partial charge in [-0.25, -0.2) is 0 Å². The van der Waals surface area contributed by atoms with Gasteiger partial charge in [0.05, 0.1) is 18.3 Å². The van der Waals surface area contributed by atoms with Crippen LogP contribution in [0.3, 0.4) is 0 Å². The Morgan fingerprint density at radius 2 is 1.82 bits per heavy atom. The molecule has 0 saturated heterocycles. The van der Waals surface area contributed by atoms with Crippen LogP contribution in [-0.2, 0) is 0 Å². The Morgan fingerprint density at radius 3 is 2.52 bits per heavy atom. The van der Waals surface area contributed by atoms with Crippen LogP contribution in [0.2, 0.25) is 5.02 Å². The highest BCUT2D eigenvalue weighted by Gasteiger charge is 2.43. The van der Waals surface area contributed by atoms with Gasteiger partial charge in [-0.1, -0.05) is 47.5 Å². The molecule has 3 aromatic carbocycles. The van der Waals surface area contributed by atoms with Crippen molar-refractivity contribution in [1.29, 1.82) is 0 Å². The van der Waals surface area contributed by atoms with Crippen LogP contribution in [0.15, 0.2) is 66.7 Å². The minimum absolute atomic E-state index is 0.0501. The van der Waals surface area contributed by atoms with Gasteiger partial charge in [0.25, 0.3) is 5.91 Å². The second-order valence-corrected chi connectivity index (χ2v) is 8.38. The number of aromatic amines is 1. The van der Waals surface area contributed by atoms with Crippen molar-refractivity contribution in [3.05, 3.63) is 94.1 Å². The van der Waals surface area contributed by atoms with E-state index in [2.05, 4.69) is 10.2 Å². The van der Waals surface area contributed by atoms with Crippen molar-refractivity contribution in [1.82, 2.24) is 10.2 Å². The van der Waals surface area contributed by atoms with Gasteiger partial charge >= 0.3 is 0 Å². The van der Waals surface area contributed by atoms with Gasteiger partial charge in [0, 0.05) is 21.8 Å². The molecule has 0 spiro atoms. The Balaban J connectivity index is 1.72. The smallest absolute Gasteiger partial charge is 0.277 e. The molecule has 5 rings (SSSR count). The summed E-state index contributed by atoms with van der Waals surface area (Å²) in [5, 5.41) is 18.3. The van der Waals surface area contributed by atoms with Gasteiger partial charge in [0.15, 0.2) is 11.5 Å². The Hall–Kier alpha value is -3.77. The molecular weight excluding hydrogens is 438 g/mol. The molecule has 4 aromatic rings. The number of H-pyrrole nitrogens is 1. The molecular formula is C26H22ClN3O3. The molecule has 0 radical (unpaired) electrons. The SMILES string of the molecule is CCOc1cc([C@H]2c3c(-c4ccc(C)cc4)n[nH]c3C(=O)N2c2ccc(Cl)cc2)ccc1O. The fraction of sp³-hybridized carbons (Fsp3) is 0.154. The quantitative estimate of drug-likeness (QED) is 0.390. The van der Waals surface area contributed by atoms with Crippen LogP contribution >= 0.6 is 11.6 Å². The van der Waals surface area contributed by atoms with Gasteiger partial charge in [-0.15, -0.1) is 0 Å². The normalized spacial score (nSPS) is 15.1. The molecule has 0 fully saturated rings. The third-order valence-corrected chi connectivity index (χ3v) is 6.05. The first-order valence-corrected chi connectivity index (χ1v) is 11.1. The van der Waals surface area contributed by atoms with Gasteiger partial charge in [-0.05, 0) is 55.8 Å². The lowest BCUT2D eigenvalue weighted by Gasteiger charge is -2.27. The molecule has 166 valence electrons. The van der Waals surface area contributed by atoms with E-state index in [-0.39, 0.29) is 11.7 Å². The number of benzene rings is 3. The Morgan fingerprint density at radius 1 is 1.09 bits per heavy atom. The number of phenols is 1. The molecule has 2 heterocycles. The number of carbonyl (C=O) groups is 1. The topological polar surface area (TPSA) is 78.5 Å². The summed E-state index contributed by atoms with van der Waals surface area (Å²) in [5.74, 6) is 0.232. The van der Waals surface area contributed by atoms with E-state index in [9.17, 15) is 9.90 Å². The number of halogens is 1. The van der Waals surface area contributed by atoms with Crippen molar-refractivity contribution in [2.24, 2.45) is 0 Å². The zero-order valence-corrected chi connectivity index (χ0v) is 18.9. The van der Waals surface area contributed by atoms with Crippen LogP contribution in [-0.4, -0.2) is 27.8 Å². The minimum Gasteiger partial charge on any atom is -0.504 e. The summed E-state index contributed by atoms with van der Waals surface area (Å²) < 4.78 is 5.62. The van der Waals surface area contributed by atoms with Crippen LogP contribution in [0.4, 0.5) is 5.69 Å². The number of anilines is 1. The summed E-state index contributed by atoms with van der Waals surface area (Å²) in [6.45, 7) is 4.29. The predicted molar refractivity (Wildman–Crippen MR) is 128 cm³/mol. The zero-order valence-electron chi connectivity index (χ0n) is 18.2. The number of hydrogen-bond acceptors (Lipinski definition) is 4. The maximum Gasteiger partial charge on any atom is 0.277 e. The molecule has 0 unspecified atom stereocenters. The lowest BCUT2D eigenvalue weighted by Crippen LogP contribution is -2.29. The summed E-state index contributed by atoms with van der Waals surface area (Å²) in [6.07, 6.45) is 0. The Bertz CT molecular complexity index is 1330. The number of nitrogens with zero attached hydrogens (tertiary/aromatic N) is 2. The number of aryl methyl sites for hydroxylation is 1. The molecule has 1 aliphatic heterocycles. The van der Waals surface area contributed by atoms with Crippen molar-refractivity contribution in [3.8, 4) is 22.8 Å². The van der Waals surface area contributed by atoms with Gasteiger partial charge in [-0.2, -0.15) is 5.10 Å². The minimum atomic E-state index is -0.469. The fourth-order valence-electron chi connectivity index (χ4n) is 4.23. The maximum atomic E-state index is 13.6. The van der Waals surface area contributed by atoms with Gasteiger partial charge in [-0.3, -0.25) is 14.8 Å². The van der Waals surface area contributed by atoms with Gasteiger partial charge in [0.1, 0.15) is 5.69 Å². The summed E-state index contributed by atoms with van der Waals surface area (Å²) in [6, 6.07) is 19.9. The van der Waals surface area contributed by atoms with Crippen LogP contribution in [0, 0.1) is 6.92 Å². The molecule has 7 heteroatoms. The van der Waals surface area contributed by atoms with Crippen LogP contribution in [0.1, 0.15) is 40.1 Å². The van der Waals surface area contributed by atoms with E-state index in [0.29, 0.717) is 34.5 Å². The molecule has 0 aliphatic carbocycles. The fourth-order valence-corrected chi connectivity index (χ4v) is 4.36. The number of aromatic hydroxyl groups is 1. The lowest BCUT2D eigenvalue weighted by molar-refractivity contribution is 0.0988. The molecule has 6 nitrogen and oxygen atoms in total. The molecule has 33 heavy (non-hydrogen) atoms. The van der Waals surface area contributed by atoms with Crippen molar-refractivity contribution in [2.75, 3.05) is 11.5 Å². The van der Waals surface area contributed by atoms with E-state index in [1.54, 1.807) is 35.2 Å². The van der Waals surface area contributed by atoms with Crippen LogP contribution in [0.25, 0.3) is 11.3 Å². The third kappa shape index (κ3) is 3.62. The van der Waals surface area contributed by atoms with Gasteiger partial charge < -0.3 is 9.84 Å². The number of fused-ring (bicyclic) bond motifs is 1. The highest BCUT2D eigenvalue weighted by atomic mass is 35.5. The van der Waals surface area contributed by atoms with Crippen molar-refractivity contribution < 1.29 is 14.6 Å². The highest BCUT2D eigenvalue weighted by molar-refractivity contribution is 6.30. The summed E-state index contributed by atoms with van der Waals surface area (Å²) in [4.78, 5) is 15.3. The maximum absolute atomic E-state index is 13.6. The van der Waals surface area contributed by atoms with E-state index >= 15 is 0 Å². The number of amides is 1. The number of rotatable bonds is 5. The molecule has 0 saturated carbocycles. The van der Waals surface area contributed by atoms with Crippen molar-refractivity contribution in [2.45, 2.75) is 19.9 Å². The first kappa shape index (κ1) is 21.1. The van der Waals surface area contributed by atoms with Crippen molar-refractivity contribution in [3.63, 3.8) is 0 Å². The first-order chi connectivity index (χ1) is 16.0. The van der Waals surface area contributed by atoms with E-state index in [1.807, 2.05) is 50.2 Å². The average molecular weight is 460 g/mol. The summed E-state index contributed by atoms with van der Waals surface area (Å²) in [5.41, 5.74) is 5.50. The molecule has 1 amide bonds. The van der Waals surface area contributed by atoms with E-state index in [0.717, 1.165) is 22.3 Å². The standard InChI is InChI=1S/C26H22ClN3O3/c1-3-33-21-14-17(8-13-20(21)31)25-22-23(16-6-4-15(2)5-7-16)28-29-24(22)26(32)30(25)19-11-9-18(27)10-12-19/h4-14,25,31H,3H2,1-2H3,(H,28,29)/t25-/m0/s1. The molecule has 0 bridgehead atoms. The average Bonchev–Trinajstić information content (AvgIpc) is 3.36. The van der Waals surface area contributed by atoms with E-state index < -0.39 is 6.04 Å². The number of hydrogen-bond donors (Lipinski definition) is 2. The van der Waals surface area contributed by atoms with Crippen LogP contribution in [0.5, 0.6) is 11.5 Å². The Kier molecular flexibility index (Phi) is 5.30. The number of aromatic nitrogens is 2. The summed E-state index contributed by atoms with van der Waals surface area (Å²) in [7, 11) is 0. The van der Waals surface area contributed by atoms with Crippen LogP contribution < -0.4 is 9.64 Å². The van der Waals surface area contributed by atoms with Crippen molar-refractivity contribution >= 4 is 23.2 Å². The predicted octanol–water partition coefficient (Wildman–Crippen LogP) is 5.89. The second kappa shape index (κ2) is 8.30. The highest BCUT2D eigenvalue weighted by Crippen LogP contribution is 2.46. The number of carbonyl (C=O) groups excluding carboxylic acids is 1. The first-order valence-electron chi connectivity index (χ1n) is 10.7.